The Bertz CT molecular complexity index is 903. The summed E-state index contributed by atoms with van der Waals surface area (Å²) >= 11 is 0. The Morgan fingerprint density at radius 1 is 1.06 bits per heavy atom. The first-order valence-corrected chi connectivity index (χ1v) is 11.6. The van der Waals surface area contributed by atoms with Gasteiger partial charge in [-0.15, -0.1) is 0 Å². The van der Waals surface area contributed by atoms with Crippen molar-refractivity contribution < 1.29 is 14.3 Å². The van der Waals surface area contributed by atoms with Crippen LogP contribution < -0.4 is 10.1 Å². The summed E-state index contributed by atoms with van der Waals surface area (Å²) in [6.45, 7) is 1.18. The second kappa shape index (κ2) is 8.91. The van der Waals surface area contributed by atoms with E-state index in [1.807, 2.05) is 24.3 Å². The lowest BCUT2D eigenvalue weighted by atomic mass is 9.79. The fourth-order valence-corrected chi connectivity index (χ4v) is 6.21. The van der Waals surface area contributed by atoms with Gasteiger partial charge in [0.2, 0.25) is 0 Å². The molecule has 0 unspecified atom stereocenters. The van der Waals surface area contributed by atoms with Crippen LogP contribution in [-0.2, 0) is 11.2 Å². The molecule has 5 nitrogen and oxygen atoms in total. The number of fused-ring (bicyclic) bond motifs is 4. The predicted molar refractivity (Wildman–Crippen MR) is 121 cm³/mol. The second-order valence-electron chi connectivity index (χ2n) is 9.22. The van der Waals surface area contributed by atoms with Gasteiger partial charge in [-0.05, 0) is 62.3 Å². The minimum absolute atomic E-state index is 0.00826. The molecule has 2 aromatic rings. The van der Waals surface area contributed by atoms with E-state index in [-0.39, 0.29) is 12.2 Å². The highest BCUT2D eigenvalue weighted by molar-refractivity contribution is 5.86. The zero-order valence-corrected chi connectivity index (χ0v) is 18.2. The quantitative estimate of drug-likeness (QED) is 0.730. The van der Waals surface area contributed by atoms with Crippen LogP contribution in [0.5, 0.6) is 5.75 Å². The summed E-state index contributed by atoms with van der Waals surface area (Å²) in [6, 6.07) is 19.4. The predicted octanol–water partition coefficient (Wildman–Crippen LogP) is 5.12. The van der Waals surface area contributed by atoms with Gasteiger partial charge in [-0.2, -0.15) is 0 Å². The number of carbonyl (C=O) groups excluding carboxylic acids is 1. The molecule has 5 atom stereocenters. The number of anilines is 1. The molecule has 5 heteroatoms. The number of hydrogen-bond donors (Lipinski definition) is 1. The van der Waals surface area contributed by atoms with Gasteiger partial charge >= 0.3 is 6.09 Å². The Kier molecular flexibility index (Phi) is 5.86. The van der Waals surface area contributed by atoms with Gasteiger partial charge in [0.15, 0.2) is 0 Å². The van der Waals surface area contributed by atoms with E-state index in [1.54, 1.807) is 7.11 Å². The molecule has 3 fully saturated rings. The number of benzene rings is 2. The van der Waals surface area contributed by atoms with Gasteiger partial charge in [-0.25, -0.2) is 4.79 Å². The number of rotatable bonds is 5. The maximum atomic E-state index is 12.8. The minimum Gasteiger partial charge on any atom is -0.495 e. The molecule has 164 valence electrons. The third kappa shape index (κ3) is 4.16. The fourth-order valence-electron chi connectivity index (χ4n) is 6.21. The van der Waals surface area contributed by atoms with Crippen LogP contribution in [0.15, 0.2) is 54.6 Å². The minimum atomic E-state index is -0.371. The van der Waals surface area contributed by atoms with E-state index in [9.17, 15) is 4.79 Å². The third-order valence-electron chi connectivity index (χ3n) is 7.53. The second-order valence-corrected chi connectivity index (χ2v) is 9.22. The van der Waals surface area contributed by atoms with Crippen LogP contribution in [0.2, 0.25) is 0 Å². The molecule has 0 radical (unpaired) electrons. The Morgan fingerprint density at radius 3 is 2.71 bits per heavy atom. The first kappa shape index (κ1) is 20.4. The summed E-state index contributed by atoms with van der Waals surface area (Å²) in [5.74, 6) is 1.68. The largest absolute Gasteiger partial charge is 0.495 e. The SMILES string of the molecule is COc1ccccc1NC(=O)O[C@@H]1C[C@H]2C[C@@H]1[C@H]1CCCCN1[C@H]2Cc1ccccc1. The van der Waals surface area contributed by atoms with Crippen LogP contribution in [0.25, 0.3) is 0 Å². The van der Waals surface area contributed by atoms with Crippen molar-refractivity contribution in [3.8, 4) is 5.75 Å². The highest BCUT2D eigenvalue weighted by Crippen LogP contribution is 2.49. The molecule has 2 bridgehead atoms. The molecule has 2 heterocycles. The van der Waals surface area contributed by atoms with E-state index in [1.165, 1.54) is 37.8 Å². The average Bonchev–Trinajstić information content (AvgIpc) is 3.17. The Labute approximate surface area is 184 Å². The zero-order chi connectivity index (χ0) is 21.2. The van der Waals surface area contributed by atoms with E-state index in [4.69, 9.17) is 9.47 Å². The number of piperidine rings is 2. The number of para-hydroxylation sites is 2. The van der Waals surface area contributed by atoms with Gasteiger partial charge < -0.3 is 9.47 Å². The van der Waals surface area contributed by atoms with Crippen LogP contribution in [0.4, 0.5) is 10.5 Å². The van der Waals surface area contributed by atoms with E-state index >= 15 is 0 Å². The van der Waals surface area contributed by atoms with Crippen LogP contribution in [0.1, 0.15) is 37.7 Å². The summed E-state index contributed by atoms with van der Waals surface area (Å²) < 4.78 is 11.4. The molecule has 1 N–H and O–H groups in total. The van der Waals surface area contributed by atoms with Crippen LogP contribution in [0, 0.1) is 11.8 Å². The number of hydrogen-bond acceptors (Lipinski definition) is 4. The molecule has 1 saturated carbocycles. The maximum Gasteiger partial charge on any atom is 0.412 e. The normalized spacial score (nSPS) is 29.8. The lowest BCUT2D eigenvalue weighted by Crippen LogP contribution is -2.55. The lowest BCUT2D eigenvalue weighted by molar-refractivity contribution is -0.0144. The average molecular weight is 421 g/mol. The van der Waals surface area contributed by atoms with Gasteiger partial charge in [-0.1, -0.05) is 48.9 Å². The molecule has 2 aromatic carbocycles. The lowest BCUT2D eigenvalue weighted by Gasteiger charge is -2.49. The van der Waals surface area contributed by atoms with Crippen LogP contribution >= 0.6 is 0 Å². The van der Waals surface area contributed by atoms with Gasteiger partial charge in [-0.3, -0.25) is 10.2 Å². The molecule has 31 heavy (non-hydrogen) atoms. The Hall–Kier alpha value is -2.53. The molecule has 1 aliphatic carbocycles. The first-order chi connectivity index (χ1) is 15.2. The molecule has 2 aliphatic heterocycles. The van der Waals surface area contributed by atoms with Crippen LogP contribution in [0.3, 0.4) is 0 Å². The number of amides is 1. The molecule has 0 spiro atoms. The molecule has 5 rings (SSSR count). The van der Waals surface area contributed by atoms with E-state index in [2.05, 4.69) is 40.5 Å². The van der Waals surface area contributed by atoms with E-state index < -0.39 is 0 Å². The smallest absolute Gasteiger partial charge is 0.412 e. The maximum absolute atomic E-state index is 12.8. The van der Waals surface area contributed by atoms with Gasteiger partial charge in [0.05, 0.1) is 12.8 Å². The molecule has 1 amide bonds. The molecule has 2 saturated heterocycles. The Balaban J connectivity index is 1.30. The topological polar surface area (TPSA) is 50.8 Å². The van der Waals surface area contributed by atoms with Crippen molar-refractivity contribution in [2.24, 2.45) is 11.8 Å². The number of nitrogens with zero attached hydrogens (tertiary/aromatic N) is 1. The standard InChI is InChI=1S/C26H32N2O3/c1-30-24-13-6-5-11-21(24)27-26(29)31-25-17-19-16-20(25)22-12-7-8-14-28(22)23(19)15-18-9-3-2-4-10-18/h2-6,9-11,13,19-20,22-23,25H,7-8,12,14-17H2,1H3,(H,27,29)/t19-,20-,22-,23+,25-/m1/s1. The highest BCUT2D eigenvalue weighted by atomic mass is 16.6. The van der Waals surface area contributed by atoms with Crippen molar-refractivity contribution in [3.05, 3.63) is 60.2 Å². The number of methoxy groups -OCH3 is 1. The number of ether oxygens (including phenoxy) is 2. The molecule has 3 aliphatic rings. The van der Waals surface area contributed by atoms with Crippen molar-refractivity contribution in [2.45, 2.75) is 56.7 Å². The summed E-state index contributed by atoms with van der Waals surface area (Å²) in [5.41, 5.74) is 2.06. The summed E-state index contributed by atoms with van der Waals surface area (Å²) in [6.07, 6.45) is 6.63. The zero-order valence-electron chi connectivity index (χ0n) is 18.2. The molecular weight excluding hydrogens is 388 g/mol. The van der Waals surface area contributed by atoms with E-state index in [0.29, 0.717) is 35.4 Å². The monoisotopic (exact) mass is 420 g/mol. The first-order valence-electron chi connectivity index (χ1n) is 11.6. The third-order valence-corrected chi connectivity index (χ3v) is 7.53. The summed E-state index contributed by atoms with van der Waals surface area (Å²) in [7, 11) is 1.61. The highest BCUT2D eigenvalue weighted by Gasteiger charge is 2.52. The molecule has 0 aromatic heterocycles. The van der Waals surface area contributed by atoms with E-state index in [0.717, 1.165) is 12.8 Å². The number of nitrogens with one attached hydrogen (secondary N) is 1. The van der Waals surface area contributed by atoms with Crippen molar-refractivity contribution in [2.75, 3.05) is 19.0 Å². The Morgan fingerprint density at radius 2 is 1.87 bits per heavy atom. The van der Waals surface area contributed by atoms with Crippen molar-refractivity contribution >= 4 is 11.8 Å². The summed E-state index contributed by atoms with van der Waals surface area (Å²) in [5, 5.41) is 2.89. The number of carbonyl (C=O) groups is 1. The van der Waals surface area contributed by atoms with Crippen molar-refractivity contribution in [3.63, 3.8) is 0 Å². The van der Waals surface area contributed by atoms with Gasteiger partial charge in [0.1, 0.15) is 11.9 Å². The summed E-state index contributed by atoms with van der Waals surface area (Å²) in [4.78, 5) is 15.5. The van der Waals surface area contributed by atoms with Crippen molar-refractivity contribution in [1.82, 2.24) is 4.90 Å². The van der Waals surface area contributed by atoms with Gasteiger partial charge in [0.25, 0.3) is 0 Å². The van der Waals surface area contributed by atoms with Gasteiger partial charge in [0, 0.05) is 18.0 Å². The van der Waals surface area contributed by atoms with Crippen LogP contribution in [-0.4, -0.2) is 42.8 Å². The van der Waals surface area contributed by atoms with Crippen molar-refractivity contribution in [1.29, 1.82) is 0 Å². The fraction of sp³-hybridized carbons (Fsp3) is 0.500. The molecular formula is C26H32N2O3.